The first-order chi connectivity index (χ1) is 8.15. The predicted molar refractivity (Wildman–Crippen MR) is 71.4 cm³/mol. The van der Waals surface area contributed by atoms with Gasteiger partial charge in [-0.3, -0.25) is 4.79 Å². The maximum atomic E-state index is 11.4. The van der Waals surface area contributed by atoms with Crippen LogP contribution in [0.2, 0.25) is 0 Å². The van der Waals surface area contributed by atoms with Gasteiger partial charge in [0.2, 0.25) is 0 Å². The molecule has 0 radical (unpaired) electrons. The van der Waals surface area contributed by atoms with Gasteiger partial charge in [0.1, 0.15) is 0 Å². The van der Waals surface area contributed by atoms with Crippen LogP contribution < -0.4 is 10.6 Å². The van der Waals surface area contributed by atoms with Crippen molar-refractivity contribution in [2.75, 3.05) is 6.54 Å². The van der Waals surface area contributed by atoms with E-state index in [1.165, 1.54) is 0 Å². The average Bonchev–Trinajstić information content (AvgIpc) is 2.22. The van der Waals surface area contributed by atoms with Gasteiger partial charge in [-0.2, -0.15) is 0 Å². The third-order valence-electron chi connectivity index (χ3n) is 2.43. The number of hydrogen-bond acceptors (Lipinski definition) is 2. The molecule has 5 heteroatoms. The number of carboxylic acid groups (broad SMARTS) is 1. The molecule has 0 aliphatic rings. The molecule has 0 heterocycles. The molecule has 0 aromatic carbocycles. The molecule has 0 saturated heterocycles. The van der Waals surface area contributed by atoms with Gasteiger partial charge in [-0.25, -0.2) is 4.79 Å². The van der Waals surface area contributed by atoms with E-state index in [4.69, 9.17) is 5.11 Å². The summed E-state index contributed by atoms with van der Waals surface area (Å²) in [6.45, 7) is 11.4. The van der Waals surface area contributed by atoms with Crippen LogP contribution in [0, 0.1) is 11.3 Å². The largest absolute Gasteiger partial charge is 0.481 e. The Bertz CT molecular complexity index is 308. The molecule has 18 heavy (non-hydrogen) atoms. The SMILES string of the molecule is C=CC(C)NC(=O)NCC(CC(C)(C)C)C(=O)O. The number of hydrogen-bond donors (Lipinski definition) is 3. The van der Waals surface area contributed by atoms with Gasteiger partial charge in [-0.05, 0) is 18.8 Å². The third-order valence-corrected chi connectivity index (χ3v) is 2.43. The number of carbonyl (C=O) groups excluding carboxylic acids is 1. The van der Waals surface area contributed by atoms with Crippen LogP contribution in [0.3, 0.4) is 0 Å². The summed E-state index contributed by atoms with van der Waals surface area (Å²) in [5, 5.41) is 14.3. The molecule has 0 aromatic heterocycles. The summed E-state index contributed by atoms with van der Waals surface area (Å²) >= 11 is 0. The Balaban J connectivity index is 4.24. The van der Waals surface area contributed by atoms with Crippen molar-refractivity contribution < 1.29 is 14.7 Å². The molecule has 3 N–H and O–H groups in total. The topological polar surface area (TPSA) is 78.4 Å². The number of amides is 2. The van der Waals surface area contributed by atoms with Crippen molar-refractivity contribution in [2.24, 2.45) is 11.3 Å². The smallest absolute Gasteiger partial charge is 0.315 e. The average molecular weight is 256 g/mol. The zero-order valence-corrected chi connectivity index (χ0v) is 11.6. The molecule has 0 aliphatic carbocycles. The summed E-state index contributed by atoms with van der Waals surface area (Å²) < 4.78 is 0. The molecule has 5 nitrogen and oxygen atoms in total. The van der Waals surface area contributed by atoms with Crippen molar-refractivity contribution in [1.29, 1.82) is 0 Å². The van der Waals surface area contributed by atoms with Gasteiger partial charge in [0.15, 0.2) is 0 Å². The molecule has 0 saturated carbocycles. The fraction of sp³-hybridized carbons (Fsp3) is 0.692. The number of carbonyl (C=O) groups is 2. The van der Waals surface area contributed by atoms with Crippen LogP contribution in [0.15, 0.2) is 12.7 Å². The van der Waals surface area contributed by atoms with Gasteiger partial charge in [0.05, 0.1) is 5.92 Å². The van der Waals surface area contributed by atoms with Crippen LogP contribution in [-0.2, 0) is 4.79 Å². The highest BCUT2D eigenvalue weighted by Crippen LogP contribution is 2.24. The Labute approximate surface area is 109 Å². The van der Waals surface area contributed by atoms with E-state index in [9.17, 15) is 9.59 Å². The molecule has 2 atom stereocenters. The molecule has 0 bridgehead atoms. The van der Waals surface area contributed by atoms with Crippen LogP contribution in [0.25, 0.3) is 0 Å². The molecule has 2 unspecified atom stereocenters. The van der Waals surface area contributed by atoms with E-state index >= 15 is 0 Å². The zero-order chi connectivity index (χ0) is 14.3. The van der Waals surface area contributed by atoms with Crippen molar-refractivity contribution >= 4 is 12.0 Å². The van der Waals surface area contributed by atoms with Gasteiger partial charge >= 0.3 is 12.0 Å². The summed E-state index contributed by atoms with van der Waals surface area (Å²) in [5.74, 6) is -1.46. The van der Waals surface area contributed by atoms with Crippen molar-refractivity contribution in [3.05, 3.63) is 12.7 Å². The summed E-state index contributed by atoms with van der Waals surface area (Å²) in [7, 11) is 0. The van der Waals surface area contributed by atoms with Crippen LogP contribution in [0.4, 0.5) is 4.79 Å². The molecular formula is C13H24N2O3. The lowest BCUT2D eigenvalue weighted by Gasteiger charge is -2.23. The first kappa shape index (κ1) is 16.5. The highest BCUT2D eigenvalue weighted by Gasteiger charge is 2.24. The summed E-state index contributed by atoms with van der Waals surface area (Å²) in [4.78, 5) is 22.5. The fourth-order valence-electron chi connectivity index (χ4n) is 1.52. The van der Waals surface area contributed by atoms with E-state index in [2.05, 4.69) is 17.2 Å². The first-order valence-electron chi connectivity index (χ1n) is 6.05. The van der Waals surface area contributed by atoms with Crippen LogP contribution in [0.5, 0.6) is 0 Å². The second-order valence-electron chi connectivity index (χ2n) is 5.68. The Morgan fingerprint density at radius 2 is 1.94 bits per heavy atom. The number of urea groups is 1. The Hall–Kier alpha value is -1.52. The van der Waals surface area contributed by atoms with Crippen molar-refractivity contribution in [2.45, 2.75) is 40.2 Å². The normalized spacial score (nSPS) is 14.4. The maximum Gasteiger partial charge on any atom is 0.315 e. The summed E-state index contributed by atoms with van der Waals surface area (Å²) in [6, 6.07) is -0.515. The van der Waals surface area contributed by atoms with Crippen molar-refractivity contribution in [3.63, 3.8) is 0 Å². The molecule has 0 aliphatic heterocycles. The first-order valence-corrected chi connectivity index (χ1v) is 6.05. The lowest BCUT2D eigenvalue weighted by atomic mass is 9.84. The van der Waals surface area contributed by atoms with Gasteiger partial charge < -0.3 is 15.7 Å². The van der Waals surface area contributed by atoms with E-state index in [0.29, 0.717) is 6.42 Å². The van der Waals surface area contributed by atoms with Crippen LogP contribution >= 0.6 is 0 Å². The lowest BCUT2D eigenvalue weighted by molar-refractivity contribution is -0.142. The fourth-order valence-corrected chi connectivity index (χ4v) is 1.52. The molecule has 0 aromatic rings. The number of carboxylic acids is 1. The van der Waals surface area contributed by atoms with Crippen molar-refractivity contribution in [3.8, 4) is 0 Å². The van der Waals surface area contributed by atoms with E-state index < -0.39 is 11.9 Å². The molecule has 0 rings (SSSR count). The highest BCUT2D eigenvalue weighted by molar-refractivity contribution is 5.76. The van der Waals surface area contributed by atoms with Gasteiger partial charge in [-0.15, -0.1) is 6.58 Å². The Kier molecular flexibility index (Phi) is 6.44. The maximum absolute atomic E-state index is 11.4. The van der Waals surface area contributed by atoms with E-state index in [0.717, 1.165) is 0 Å². The number of rotatable bonds is 6. The highest BCUT2D eigenvalue weighted by atomic mass is 16.4. The standard InChI is InChI=1S/C13H24N2O3/c1-6-9(2)15-12(18)14-8-10(11(16)17)7-13(3,4)5/h6,9-10H,1,7-8H2,2-5H3,(H,16,17)(H2,14,15,18). The summed E-state index contributed by atoms with van der Waals surface area (Å²) in [5.41, 5.74) is -0.0877. The Morgan fingerprint density at radius 1 is 1.39 bits per heavy atom. The van der Waals surface area contributed by atoms with Crippen LogP contribution in [-0.4, -0.2) is 29.7 Å². The molecule has 0 fully saturated rings. The van der Waals surface area contributed by atoms with E-state index in [1.54, 1.807) is 13.0 Å². The minimum Gasteiger partial charge on any atom is -0.481 e. The molecule has 2 amide bonds. The van der Waals surface area contributed by atoms with Crippen LogP contribution in [0.1, 0.15) is 34.1 Å². The predicted octanol–water partition coefficient (Wildman–Crippen LogP) is 2.00. The van der Waals surface area contributed by atoms with Gasteiger partial charge in [-0.1, -0.05) is 26.8 Å². The quantitative estimate of drug-likeness (QED) is 0.636. The third kappa shape index (κ3) is 7.70. The lowest BCUT2D eigenvalue weighted by Crippen LogP contribution is -2.43. The number of aliphatic carboxylic acids is 1. The van der Waals surface area contributed by atoms with Gasteiger partial charge in [0.25, 0.3) is 0 Å². The number of nitrogens with one attached hydrogen (secondary N) is 2. The second-order valence-corrected chi connectivity index (χ2v) is 5.68. The zero-order valence-electron chi connectivity index (χ0n) is 11.6. The van der Waals surface area contributed by atoms with E-state index in [-0.39, 0.29) is 24.0 Å². The molecule has 0 spiro atoms. The van der Waals surface area contributed by atoms with E-state index in [1.807, 2.05) is 20.8 Å². The monoisotopic (exact) mass is 256 g/mol. The van der Waals surface area contributed by atoms with Crippen molar-refractivity contribution in [1.82, 2.24) is 10.6 Å². The molecular weight excluding hydrogens is 232 g/mol. The minimum absolute atomic E-state index is 0.0877. The second kappa shape index (κ2) is 7.03. The minimum atomic E-state index is -0.887. The summed E-state index contributed by atoms with van der Waals surface area (Å²) in [6.07, 6.45) is 2.11. The van der Waals surface area contributed by atoms with Gasteiger partial charge in [0, 0.05) is 12.6 Å². The Morgan fingerprint density at radius 3 is 2.33 bits per heavy atom. The molecule has 104 valence electrons.